The largest absolute Gasteiger partial charge is 0.492 e. The van der Waals surface area contributed by atoms with E-state index in [4.69, 9.17) is 10.00 Å². The molecule has 3 nitrogen and oxygen atoms in total. The van der Waals surface area contributed by atoms with Gasteiger partial charge in [0.05, 0.1) is 11.6 Å². The van der Waals surface area contributed by atoms with Gasteiger partial charge in [0.2, 0.25) is 0 Å². The van der Waals surface area contributed by atoms with Crippen LogP contribution in [0, 0.1) is 23.2 Å². The molecule has 1 aliphatic carbocycles. The van der Waals surface area contributed by atoms with Crippen LogP contribution in [-0.2, 0) is 0 Å². The number of hydrogen-bond acceptors (Lipinski definition) is 3. The van der Waals surface area contributed by atoms with Crippen molar-refractivity contribution in [2.24, 2.45) is 11.8 Å². The minimum atomic E-state index is 0.682. The van der Waals surface area contributed by atoms with Gasteiger partial charge < -0.3 is 4.74 Å². The maximum Gasteiger partial charge on any atom is 0.119 e. The molecule has 0 radical (unpaired) electrons. The van der Waals surface area contributed by atoms with Gasteiger partial charge in [0.25, 0.3) is 0 Å². The summed E-state index contributed by atoms with van der Waals surface area (Å²) >= 11 is 0. The molecule has 3 heteroatoms. The fourth-order valence-corrected chi connectivity index (χ4v) is 3.80. The number of rotatable bonds is 4. The summed E-state index contributed by atoms with van der Waals surface area (Å²) < 4.78 is 5.79. The van der Waals surface area contributed by atoms with Gasteiger partial charge in [-0.25, -0.2) is 0 Å². The Morgan fingerprint density at radius 2 is 1.86 bits per heavy atom. The maximum atomic E-state index is 8.77. The van der Waals surface area contributed by atoms with E-state index in [1.54, 1.807) is 0 Å². The van der Waals surface area contributed by atoms with E-state index < -0.39 is 0 Å². The molecular formula is C18H24N2O. The Bertz CT molecular complexity index is 491. The number of hydrogen-bond donors (Lipinski definition) is 0. The topological polar surface area (TPSA) is 36.3 Å². The number of nitriles is 1. The van der Waals surface area contributed by atoms with Crippen LogP contribution in [-0.4, -0.2) is 31.1 Å². The van der Waals surface area contributed by atoms with Gasteiger partial charge in [0, 0.05) is 13.1 Å². The van der Waals surface area contributed by atoms with E-state index >= 15 is 0 Å². The zero-order chi connectivity index (χ0) is 14.5. The van der Waals surface area contributed by atoms with Gasteiger partial charge in [-0.3, -0.25) is 4.90 Å². The summed E-state index contributed by atoms with van der Waals surface area (Å²) in [6.07, 6.45) is 7.14. The highest BCUT2D eigenvalue weighted by molar-refractivity contribution is 5.34. The van der Waals surface area contributed by atoms with E-state index in [0.29, 0.717) is 5.56 Å². The van der Waals surface area contributed by atoms with Gasteiger partial charge in [-0.05, 0) is 55.5 Å². The lowest BCUT2D eigenvalue weighted by Gasteiger charge is -2.41. The molecule has 21 heavy (non-hydrogen) atoms. The van der Waals surface area contributed by atoms with Gasteiger partial charge >= 0.3 is 0 Å². The third-order valence-electron chi connectivity index (χ3n) is 5.03. The summed E-state index contributed by atoms with van der Waals surface area (Å²) in [5, 5.41) is 8.77. The highest BCUT2D eigenvalue weighted by atomic mass is 16.5. The Kier molecular flexibility index (Phi) is 4.77. The first-order valence-electron chi connectivity index (χ1n) is 8.20. The van der Waals surface area contributed by atoms with Crippen molar-refractivity contribution in [1.29, 1.82) is 5.26 Å². The van der Waals surface area contributed by atoms with Crippen LogP contribution in [0.4, 0.5) is 0 Å². The van der Waals surface area contributed by atoms with Crippen molar-refractivity contribution in [2.75, 3.05) is 26.2 Å². The molecule has 0 amide bonds. The van der Waals surface area contributed by atoms with Crippen LogP contribution < -0.4 is 4.74 Å². The molecule has 3 rings (SSSR count). The van der Waals surface area contributed by atoms with E-state index in [9.17, 15) is 0 Å². The average Bonchev–Trinajstić information content (AvgIpc) is 2.55. The second kappa shape index (κ2) is 6.95. The maximum absolute atomic E-state index is 8.77. The van der Waals surface area contributed by atoms with Crippen LogP contribution >= 0.6 is 0 Å². The van der Waals surface area contributed by atoms with E-state index in [2.05, 4.69) is 11.0 Å². The van der Waals surface area contributed by atoms with Crippen LogP contribution in [0.2, 0.25) is 0 Å². The summed E-state index contributed by atoms with van der Waals surface area (Å²) in [5.74, 6) is 2.79. The van der Waals surface area contributed by atoms with Crippen molar-refractivity contribution in [2.45, 2.75) is 32.1 Å². The van der Waals surface area contributed by atoms with Gasteiger partial charge in [0.15, 0.2) is 0 Å². The lowest BCUT2D eigenvalue weighted by Crippen LogP contribution is -2.43. The second-order valence-electron chi connectivity index (χ2n) is 6.38. The highest BCUT2D eigenvalue weighted by Crippen LogP contribution is 2.35. The van der Waals surface area contributed by atoms with Crippen molar-refractivity contribution < 1.29 is 4.74 Å². The zero-order valence-corrected chi connectivity index (χ0v) is 12.6. The Morgan fingerprint density at radius 1 is 1.10 bits per heavy atom. The van der Waals surface area contributed by atoms with Crippen molar-refractivity contribution in [3.05, 3.63) is 29.8 Å². The van der Waals surface area contributed by atoms with Crippen LogP contribution in [0.5, 0.6) is 5.75 Å². The summed E-state index contributed by atoms with van der Waals surface area (Å²) in [7, 11) is 0. The summed E-state index contributed by atoms with van der Waals surface area (Å²) in [6, 6.07) is 9.50. The van der Waals surface area contributed by atoms with Crippen LogP contribution in [0.25, 0.3) is 0 Å². The van der Waals surface area contributed by atoms with Crippen molar-refractivity contribution >= 4 is 0 Å². The third kappa shape index (κ3) is 3.77. The number of likely N-dealkylation sites (tertiary alicyclic amines) is 1. The molecule has 2 aliphatic rings. The standard InChI is InChI=1S/C18H24N2O/c19-13-15-5-7-18(8-6-15)21-12-11-20-10-9-16-3-1-2-4-17(16)14-20/h5-8,16-17H,1-4,9-12,14H2. The van der Waals surface area contributed by atoms with E-state index in [0.717, 1.165) is 30.7 Å². The first-order valence-corrected chi connectivity index (χ1v) is 8.20. The highest BCUT2D eigenvalue weighted by Gasteiger charge is 2.30. The predicted molar refractivity (Wildman–Crippen MR) is 83.2 cm³/mol. The van der Waals surface area contributed by atoms with Gasteiger partial charge in [0.1, 0.15) is 12.4 Å². The minimum absolute atomic E-state index is 0.682. The summed E-state index contributed by atoms with van der Waals surface area (Å²) in [6.45, 7) is 4.26. The molecule has 2 atom stereocenters. The quantitative estimate of drug-likeness (QED) is 0.849. The van der Waals surface area contributed by atoms with Crippen LogP contribution in [0.1, 0.15) is 37.7 Å². The van der Waals surface area contributed by atoms with Gasteiger partial charge in [-0.2, -0.15) is 5.26 Å². The molecule has 1 saturated carbocycles. The first kappa shape index (κ1) is 14.4. The van der Waals surface area contributed by atoms with Crippen LogP contribution in [0.15, 0.2) is 24.3 Å². The molecular weight excluding hydrogens is 260 g/mol. The SMILES string of the molecule is N#Cc1ccc(OCCN2CCC3CCCCC3C2)cc1. The molecule has 112 valence electrons. The fraction of sp³-hybridized carbons (Fsp3) is 0.611. The molecule has 2 fully saturated rings. The molecule has 1 saturated heterocycles. The first-order chi connectivity index (χ1) is 10.3. The van der Waals surface area contributed by atoms with Gasteiger partial charge in [-0.15, -0.1) is 0 Å². The Hall–Kier alpha value is -1.53. The second-order valence-corrected chi connectivity index (χ2v) is 6.38. The van der Waals surface area contributed by atoms with E-state index in [1.807, 2.05) is 24.3 Å². The number of benzene rings is 1. The summed E-state index contributed by atoms with van der Waals surface area (Å²) in [4.78, 5) is 2.57. The molecule has 0 N–H and O–H groups in total. The average molecular weight is 284 g/mol. The minimum Gasteiger partial charge on any atom is -0.492 e. The predicted octanol–water partition coefficient (Wildman–Crippen LogP) is 3.45. The number of ether oxygens (including phenoxy) is 1. The Balaban J connectivity index is 1.42. The van der Waals surface area contributed by atoms with Gasteiger partial charge in [-0.1, -0.05) is 19.3 Å². The number of fused-ring (bicyclic) bond motifs is 1. The fourth-order valence-electron chi connectivity index (χ4n) is 3.80. The van der Waals surface area contributed by atoms with Crippen molar-refractivity contribution in [3.8, 4) is 11.8 Å². The lowest BCUT2D eigenvalue weighted by atomic mass is 9.75. The third-order valence-corrected chi connectivity index (χ3v) is 5.03. The molecule has 0 spiro atoms. The zero-order valence-electron chi connectivity index (χ0n) is 12.6. The molecule has 0 aromatic heterocycles. The van der Waals surface area contributed by atoms with Crippen molar-refractivity contribution in [1.82, 2.24) is 4.90 Å². The molecule has 1 aromatic rings. The van der Waals surface area contributed by atoms with Crippen molar-refractivity contribution in [3.63, 3.8) is 0 Å². The smallest absolute Gasteiger partial charge is 0.119 e. The van der Waals surface area contributed by atoms with Crippen LogP contribution in [0.3, 0.4) is 0 Å². The van der Waals surface area contributed by atoms with E-state index in [1.165, 1.54) is 45.2 Å². The Morgan fingerprint density at radius 3 is 2.62 bits per heavy atom. The Labute approximate surface area is 127 Å². The lowest BCUT2D eigenvalue weighted by molar-refractivity contribution is 0.0766. The molecule has 1 aromatic carbocycles. The number of piperidine rings is 1. The molecule has 0 bridgehead atoms. The molecule has 1 heterocycles. The molecule has 1 aliphatic heterocycles. The molecule has 2 unspecified atom stereocenters. The number of nitrogens with zero attached hydrogens (tertiary/aromatic N) is 2. The normalized spacial score (nSPS) is 25.9. The summed E-state index contributed by atoms with van der Waals surface area (Å²) in [5.41, 5.74) is 0.682. The van der Waals surface area contributed by atoms with E-state index in [-0.39, 0.29) is 0 Å². The monoisotopic (exact) mass is 284 g/mol.